The van der Waals surface area contributed by atoms with Crippen molar-refractivity contribution in [2.45, 2.75) is 25.8 Å². The van der Waals surface area contributed by atoms with Crippen molar-refractivity contribution >= 4 is 23.2 Å². The van der Waals surface area contributed by atoms with Crippen molar-refractivity contribution in [1.82, 2.24) is 0 Å². The van der Waals surface area contributed by atoms with E-state index in [1.165, 1.54) is 5.56 Å². The van der Waals surface area contributed by atoms with Gasteiger partial charge in [0.25, 0.3) is 5.91 Å². The predicted octanol–water partition coefficient (Wildman–Crippen LogP) is 4.46. The minimum Gasteiger partial charge on any atom is -0.324 e. The fourth-order valence-electron chi connectivity index (χ4n) is 3.62. The van der Waals surface area contributed by atoms with Crippen molar-refractivity contribution in [3.8, 4) is 0 Å². The van der Waals surface area contributed by atoms with Crippen molar-refractivity contribution in [3.63, 3.8) is 0 Å². The molecule has 0 radical (unpaired) electrons. The third-order valence-corrected chi connectivity index (χ3v) is 5.15. The third-order valence-electron chi connectivity index (χ3n) is 5.15. The van der Waals surface area contributed by atoms with Crippen LogP contribution in [0.3, 0.4) is 0 Å². The van der Waals surface area contributed by atoms with Crippen LogP contribution in [0.5, 0.6) is 0 Å². The molecule has 2 amide bonds. The predicted molar refractivity (Wildman–Crippen MR) is 112 cm³/mol. The molecule has 0 saturated carbocycles. The topological polar surface area (TPSA) is 49.4 Å². The highest BCUT2D eigenvalue weighted by molar-refractivity contribution is 6.13. The number of rotatable bonds is 4. The summed E-state index contributed by atoms with van der Waals surface area (Å²) in [6.45, 7) is 2.09. The number of benzene rings is 3. The Hall–Kier alpha value is -3.40. The van der Waals surface area contributed by atoms with Gasteiger partial charge in [-0.1, -0.05) is 55.5 Å². The molecule has 3 aromatic carbocycles. The van der Waals surface area contributed by atoms with Crippen LogP contribution < -0.4 is 10.2 Å². The number of fused-ring (bicyclic) bond motifs is 1. The van der Waals surface area contributed by atoms with Gasteiger partial charge in [-0.2, -0.15) is 0 Å². The van der Waals surface area contributed by atoms with Crippen molar-refractivity contribution < 1.29 is 9.59 Å². The molecular formula is C24H22N2O2. The Bertz CT molecular complexity index is 997. The molecule has 0 aromatic heterocycles. The van der Waals surface area contributed by atoms with Crippen LogP contribution in [-0.2, 0) is 17.6 Å². The second kappa shape index (κ2) is 7.69. The Morgan fingerprint density at radius 3 is 2.32 bits per heavy atom. The minimum atomic E-state index is -0.573. The van der Waals surface area contributed by atoms with Gasteiger partial charge in [-0.15, -0.1) is 0 Å². The summed E-state index contributed by atoms with van der Waals surface area (Å²) in [5.41, 5.74) is 4.34. The van der Waals surface area contributed by atoms with Gasteiger partial charge in [-0.25, -0.2) is 0 Å². The molecule has 0 saturated heterocycles. The molecule has 0 unspecified atom stereocenters. The van der Waals surface area contributed by atoms with E-state index in [4.69, 9.17) is 0 Å². The molecule has 0 spiro atoms. The largest absolute Gasteiger partial charge is 0.324 e. The van der Waals surface area contributed by atoms with Crippen LogP contribution in [0.1, 0.15) is 28.4 Å². The Morgan fingerprint density at radius 1 is 0.929 bits per heavy atom. The summed E-state index contributed by atoms with van der Waals surface area (Å²) in [6, 6.07) is 24.1. The summed E-state index contributed by atoms with van der Waals surface area (Å²) >= 11 is 0. The van der Waals surface area contributed by atoms with Crippen LogP contribution in [0.4, 0.5) is 11.4 Å². The lowest BCUT2D eigenvalue weighted by atomic mass is 10.1. The van der Waals surface area contributed by atoms with Crippen LogP contribution in [-0.4, -0.2) is 17.9 Å². The first-order valence-electron chi connectivity index (χ1n) is 9.53. The fourth-order valence-corrected chi connectivity index (χ4v) is 3.62. The normalized spacial score (nSPS) is 15.2. The number of hydrogen-bond donors (Lipinski definition) is 1. The molecule has 140 valence electrons. The van der Waals surface area contributed by atoms with E-state index in [0.717, 1.165) is 23.4 Å². The zero-order valence-electron chi connectivity index (χ0n) is 15.8. The average Bonchev–Trinajstić information content (AvgIpc) is 3.14. The van der Waals surface area contributed by atoms with Gasteiger partial charge in [0.15, 0.2) is 0 Å². The first kappa shape index (κ1) is 18.0. The molecule has 4 rings (SSSR count). The van der Waals surface area contributed by atoms with E-state index in [1.807, 2.05) is 66.7 Å². The number of anilines is 2. The van der Waals surface area contributed by atoms with Crippen molar-refractivity contribution in [1.29, 1.82) is 0 Å². The first-order chi connectivity index (χ1) is 13.7. The Labute approximate surface area is 164 Å². The Kier molecular flexibility index (Phi) is 4.94. The SMILES string of the molecule is CCc1ccc(NC(=O)[C@@H]2Cc3ccccc3N2C(=O)c2ccccc2)cc1. The molecule has 1 atom stereocenters. The van der Waals surface area contributed by atoms with Gasteiger partial charge in [0.05, 0.1) is 0 Å². The molecule has 4 heteroatoms. The molecule has 0 fully saturated rings. The van der Waals surface area contributed by atoms with Crippen LogP contribution in [0, 0.1) is 0 Å². The smallest absolute Gasteiger partial charge is 0.259 e. The van der Waals surface area contributed by atoms with Gasteiger partial charge in [-0.05, 0) is 47.9 Å². The van der Waals surface area contributed by atoms with E-state index in [-0.39, 0.29) is 11.8 Å². The van der Waals surface area contributed by atoms with Gasteiger partial charge in [-0.3, -0.25) is 14.5 Å². The molecule has 1 N–H and O–H groups in total. The molecule has 0 bridgehead atoms. The molecule has 3 aromatic rings. The van der Waals surface area contributed by atoms with Crippen molar-refractivity contribution in [3.05, 3.63) is 95.6 Å². The fraction of sp³-hybridized carbons (Fsp3) is 0.167. The number of amides is 2. The van der Waals surface area contributed by atoms with Crippen LogP contribution >= 0.6 is 0 Å². The second-order valence-corrected chi connectivity index (χ2v) is 6.93. The number of carbonyl (C=O) groups is 2. The summed E-state index contributed by atoms with van der Waals surface area (Å²) in [4.78, 5) is 27.9. The monoisotopic (exact) mass is 370 g/mol. The van der Waals surface area contributed by atoms with Gasteiger partial charge < -0.3 is 5.32 Å². The van der Waals surface area contributed by atoms with E-state index in [0.29, 0.717) is 12.0 Å². The standard InChI is InChI=1S/C24H22N2O2/c1-2-17-12-14-20(15-13-17)25-23(27)22-16-19-10-6-7-11-21(19)26(22)24(28)18-8-4-3-5-9-18/h3-15,22H,2,16H2,1H3,(H,25,27)/t22-/m0/s1. The van der Waals surface area contributed by atoms with E-state index < -0.39 is 6.04 Å². The molecule has 4 nitrogen and oxygen atoms in total. The molecular weight excluding hydrogens is 348 g/mol. The number of nitrogens with one attached hydrogen (secondary N) is 1. The number of carbonyl (C=O) groups excluding carboxylic acids is 2. The summed E-state index contributed by atoms with van der Waals surface area (Å²) < 4.78 is 0. The van der Waals surface area contributed by atoms with Crippen molar-refractivity contribution in [2.75, 3.05) is 10.2 Å². The molecule has 1 heterocycles. The quantitative estimate of drug-likeness (QED) is 0.737. The molecule has 1 aliphatic heterocycles. The summed E-state index contributed by atoms with van der Waals surface area (Å²) in [7, 11) is 0. The highest BCUT2D eigenvalue weighted by Gasteiger charge is 2.38. The Morgan fingerprint density at radius 2 is 1.61 bits per heavy atom. The maximum absolute atomic E-state index is 13.2. The molecule has 1 aliphatic rings. The summed E-state index contributed by atoms with van der Waals surface area (Å²) in [6.07, 6.45) is 1.46. The molecule has 0 aliphatic carbocycles. The lowest BCUT2D eigenvalue weighted by Gasteiger charge is -2.25. The minimum absolute atomic E-state index is 0.160. The van der Waals surface area contributed by atoms with Crippen LogP contribution in [0.25, 0.3) is 0 Å². The Balaban J connectivity index is 1.63. The maximum atomic E-state index is 13.2. The van der Waals surface area contributed by atoms with Crippen molar-refractivity contribution in [2.24, 2.45) is 0 Å². The van der Waals surface area contributed by atoms with Crippen LogP contribution in [0.15, 0.2) is 78.9 Å². The number of nitrogens with zero attached hydrogens (tertiary/aromatic N) is 1. The van der Waals surface area contributed by atoms with E-state index in [2.05, 4.69) is 12.2 Å². The first-order valence-corrected chi connectivity index (χ1v) is 9.53. The van der Waals surface area contributed by atoms with Gasteiger partial charge in [0.1, 0.15) is 6.04 Å². The third kappa shape index (κ3) is 3.41. The van der Waals surface area contributed by atoms with E-state index in [1.54, 1.807) is 17.0 Å². The van der Waals surface area contributed by atoms with Crippen LogP contribution in [0.2, 0.25) is 0 Å². The zero-order chi connectivity index (χ0) is 19.5. The summed E-state index contributed by atoms with van der Waals surface area (Å²) in [5.74, 6) is -0.336. The molecule has 28 heavy (non-hydrogen) atoms. The van der Waals surface area contributed by atoms with Gasteiger partial charge >= 0.3 is 0 Å². The number of para-hydroxylation sites is 1. The van der Waals surface area contributed by atoms with Gasteiger partial charge in [0, 0.05) is 23.4 Å². The highest BCUT2D eigenvalue weighted by Crippen LogP contribution is 2.34. The van der Waals surface area contributed by atoms with E-state index in [9.17, 15) is 9.59 Å². The lowest BCUT2D eigenvalue weighted by molar-refractivity contribution is -0.117. The highest BCUT2D eigenvalue weighted by atomic mass is 16.2. The zero-order valence-corrected chi connectivity index (χ0v) is 15.8. The van der Waals surface area contributed by atoms with Gasteiger partial charge in [0.2, 0.25) is 5.91 Å². The number of hydrogen-bond acceptors (Lipinski definition) is 2. The summed E-state index contributed by atoms with van der Waals surface area (Å²) in [5, 5.41) is 2.97. The lowest BCUT2D eigenvalue weighted by Crippen LogP contribution is -2.45. The van der Waals surface area contributed by atoms with E-state index >= 15 is 0 Å². The number of aryl methyl sites for hydroxylation is 1. The maximum Gasteiger partial charge on any atom is 0.259 e. The average molecular weight is 370 g/mol. The second-order valence-electron chi connectivity index (χ2n) is 6.93.